The molecule has 1 aliphatic rings. The zero-order valence-corrected chi connectivity index (χ0v) is 14.2. The number of nitrogens with zero attached hydrogens (tertiary/aromatic N) is 4. The summed E-state index contributed by atoms with van der Waals surface area (Å²) >= 11 is 0. The summed E-state index contributed by atoms with van der Waals surface area (Å²) in [5.74, 6) is 0.238. The van der Waals surface area contributed by atoms with Gasteiger partial charge in [0.2, 0.25) is 0 Å². The van der Waals surface area contributed by atoms with Gasteiger partial charge in [-0.25, -0.2) is 4.98 Å². The minimum Gasteiger partial charge on any atom is -0.329 e. The van der Waals surface area contributed by atoms with Crippen LogP contribution in [0.25, 0.3) is 11.0 Å². The first-order valence-electron chi connectivity index (χ1n) is 8.89. The third kappa shape index (κ3) is 3.46. The van der Waals surface area contributed by atoms with Crippen molar-refractivity contribution in [1.82, 2.24) is 19.4 Å². The molecule has 1 saturated heterocycles. The molecule has 3 aromatic rings. The van der Waals surface area contributed by atoms with E-state index in [1.54, 1.807) is 6.20 Å². The summed E-state index contributed by atoms with van der Waals surface area (Å²) in [4.78, 5) is 23.7. The minimum absolute atomic E-state index is 0.0585. The van der Waals surface area contributed by atoms with Crippen LogP contribution in [0, 0.1) is 5.92 Å². The zero-order valence-electron chi connectivity index (χ0n) is 14.2. The van der Waals surface area contributed by atoms with Crippen molar-refractivity contribution in [3.8, 4) is 0 Å². The molecule has 0 radical (unpaired) electrons. The summed E-state index contributed by atoms with van der Waals surface area (Å²) in [6.45, 7) is 3.71. The van der Waals surface area contributed by atoms with Gasteiger partial charge in [-0.3, -0.25) is 9.78 Å². The van der Waals surface area contributed by atoms with Crippen LogP contribution in [-0.2, 0) is 6.54 Å². The van der Waals surface area contributed by atoms with Gasteiger partial charge in [0.25, 0.3) is 0 Å². The molecule has 0 bridgehead atoms. The highest BCUT2D eigenvalue weighted by Crippen LogP contribution is 2.20. The highest BCUT2D eigenvalue weighted by molar-refractivity contribution is 5.96. The van der Waals surface area contributed by atoms with E-state index >= 15 is 0 Å². The smallest absolute Gasteiger partial charge is 0.185 e. The number of ketones is 1. The zero-order chi connectivity index (χ0) is 17.1. The van der Waals surface area contributed by atoms with Crippen LogP contribution in [0.4, 0.5) is 0 Å². The molecule has 0 aliphatic carbocycles. The van der Waals surface area contributed by atoms with Crippen molar-refractivity contribution >= 4 is 16.8 Å². The minimum atomic E-state index is 0.0585. The van der Waals surface area contributed by atoms with Gasteiger partial charge >= 0.3 is 0 Å². The Labute approximate surface area is 147 Å². The van der Waals surface area contributed by atoms with Gasteiger partial charge in [-0.2, -0.15) is 0 Å². The molecular weight excluding hydrogens is 312 g/mol. The number of benzene rings is 1. The molecule has 5 nitrogen and oxygen atoms in total. The van der Waals surface area contributed by atoms with E-state index in [0.717, 1.165) is 44.5 Å². The number of fused-ring (bicyclic) bond motifs is 1. The van der Waals surface area contributed by atoms with Crippen molar-refractivity contribution in [1.29, 1.82) is 0 Å². The molecule has 1 atom stereocenters. The van der Waals surface area contributed by atoms with Crippen molar-refractivity contribution in [3.05, 3.63) is 60.7 Å². The maximum absolute atomic E-state index is 12.6. The SMILES string of the molecule is O=C(c1ccccn1)C1CCCN(CCn2cnc3ccccc32)C1. The third-order valence-electron chi connectivity index (χ3n) is 4.98. The molecule has 0 N–H and O–H groups in total. The lowest BCUT2D eigenvalue weighted by molar-refractivity contribution is 0.0811. The standard InChI is InChI=1S/C20H22N4O/c25-20(18-8-3-4-10-21-18)16-6-5-11-23(14-16)12-13-24-15-22-17-7-1-2-9-19(17)24/h1-4,7-10,15-16H,5-6,11-14H2. The van der Waals surface area contributed by atoms with Crippen LogP contribution in [0.2, 0.25) is 0 Å². The molecule has 2 aromatic heterocycles. The Bertz CT molecular complexity index is 858. The number of imidazole rings is 1. The summed E-state index contributed by atoms with van der Waals surface area (Å²) in [7, 11) is 0. The van der Waals surface area contributed by atoms with E-state index in [-0.39, 0.29) is 11.7 Å². The summed E-state index contributed by atoms with van der Waals surface area (Å²) in [6, 6.07) is 13.7. The van der Waals surface area contributed by atoms with Crippen LogP contribution in [0.15, 0.2) is 55.0 Å². The average molecular weight is 334 g/mol. The Balaban J connectivity index is 1.39. The third-order valence-corrected chi connectivity index (χ3v) is 4.98. The van der Waals surface area contributed by atoms with Gasteiger partial charge < -0.3 is 9.47 Å². The molecule has 4 rings (SSSR count). The number of rotatable bonds is 5. The van der Waals surface area contributed by atoms with E-state index in [1.165, 1.54) is 5.52 Å². The number of piperidine rings is 1. The number of para-hydroxylation sites is 2. The second-order valence-corrected chi connectivity index (χ2v) is 6.65. The van der Waals surface area contributed by atoms with Gasteiger partial charge in [-0.05, 0) is 43.7 Å². The number of Topliss-reactive ketones (excluding diaryl/α,β-unsaturated/α-hetero) is 1. The summed E-state index contributed by atoms with van der Waals surface area (Å²) < 4.78 is 2.19. The van der Waals surface area contributed by atoms with Crippen molar-refractivity contribution in [3.63, 3.8) is 0 Å². The Hall–Kier alpha value is -2.53. The quantitative estimate of drug-likeness (QED) is 0.673. The molecule has 1 aromatic carbocycles. The van der Waals surface area contributed by atoms with Gasteiger partial charge in [0.15, 0.2) is 5.78 Å². The summed E-state index contributed by atoms with van der Waals surface area (Å²) in [5, 5.41) is 0. The van der Waals surface area contributed by atoms with Crippen molar-refractivity contribution < 1.29 is 4.79 Å². The molecular formula is C20H22N4O. The number of pyridine rings is 1. The van der Waals surface area contributed by atoms with Crippen LogP contribution < -0.4 is 0 Å². The molecule has 1 unspecified atom stereocenters. The largest absolute Gasteiger partial charge is 0.329 e. The van der Waals surface area contributed by atoms with Gasteiger partial charge in [0, 0.05) is 31.7 Å². The lowest BCUT2D eigenvalue weighted by Gasteiger charge is -2.31. The molecule has 0 spiro atoms. The van der Waals surface area contributed by atoms with Gasteiger partial charge in [0.05, 0.1) is 17.4 Å². The fourth-order valence-electron chi connectivity index (χ4n) is 3.63. The van der Waals surface area contributed by atoms with Gasteiger partial charge in [0.1, 0.15) is 5.69 Å². The topological polar surface area (TPSA) is 51.0 Å². The highest BCUT2D eigenvalue weighted by Gasteiger charge is 2.27. The first-order valence-corrected chi connectivity index (χ1v) is 8.89. The second kappa shape index (κ2) is 7.15. The Morgan fingerprint density at radius 1 is 1.08 bits per heavy atom. The molecule has 25 heavy (non-hydrogen) atoms. The number of hydrogen-bond acceptors (Lipinski definition) is 4. The number of aromatic nitrogens is 3. The van der Waals surface area contributed by atoms with E-state index in [0.29, 0.717) is 5.69 Å². The molecule has 0 amide bonds. The van der Waals surface area contributed by atoms with E-state index in [1.807, 2.05) is 42.7 Å². The Morgan fingerprint density at radius 3 is 2.84 bits per heavy atom. The summed E-state index contributed by atoms with van der Waals surface area (Å²) in [5.41, 5.74) is 2.79. The fourth-order valence-corrected chi connectivity index (χ4v) is 3.63. The van der Waals surface area contributed by atoms with Gasteiger partial charge in [-0.15, -0.1) is 0 Å². The molecule has 1 aliphatic heterocycles. The van der Waals surface area contributed by atoms with Crippen LogP contribution >= 0.6 is 0 Å². The predicted molar refractivity (Wildman–Crippen MR) is 97.5 cm³/mol. The van der Waals surface area contributed by atoms with E-state index in [4.69, 9.17) is 0 Å². The van der Waals surface area contributed by atoms with Crippen LogP contribution in [-0.4, -0.2) is 44.9 Å². The molecule has 5 heteroatoms. The van der Waals surface area contributed by atoms with Crippen molar-refractivity contribution in [2.24, 2.45) is 5.92 Å². The fraction of sp³-hybridized carbons (Fsp3) is 0.350. The number of hydrogen-bond donors (Lipinski definition) is 0. The van der Waals surface area contributed by atoms with Gasteiger partial charge in [-0.1, -0.05) is 18.2 Å². The molecule has 0 saturated carbocycles. The number of carbonyl (C=O) groups excluding carboxylic acids is 1. The Morgan fingerprint density at radius 2 is 1.96 bits per heavy atom. The maximum Gasteiger partial charge on any atom is 0.185 e. The van der Waals surface area contributed by atoms with Crippen LogP contribution in [0.3, 0.4) is 0 Å². The van der Waals surface area contributed by atoms with Crippen LogP contribution in [0.5, 0.6) is 0 Å². The summed E-state index contributed by atoms with van der Waals surface area (Å²) in [6.07, 6.45) is 5.62. The normalized spacial score (nSPS) is 18.5. The van der Waals surface area contributed by atoms with E-state index in [9.17, 15) is 4.79 Å². The van der Waals surface area contributed by atoms with Crippen molar-refractivity contribution in [2.75, 3.05) is 19.6 Å². The monoisotopic (exact) mass is 334 g/mol. The van der Waals surface area contributed by atoms with Crippen molar-refractivity contribution in [2.45, 2.75) is 19.4 Å². The van der Waals surface area contributed by atoms with E-state index < -0.39 is 0 Å². The predicted octanol–water partition coefficient (Wildman–Crippen LogP) is 3.03. The second-order valence-electron chi connectivity index (χ2n) is 6.65. The molecule has 1 fully saturated rings. The highest BCUT2D eigenvalue weighted by atomic mass is 16.1. The lowest BCUT2D eigenvalue weighted by atomic mass is 9.92. The molecule has 128 valence electrons. The maximum atomic E-state index is 12.6. The Kier molecular flexibility index (Phi) is 4.57. The molecule has 3 heterocycles. The first kappa shape index (κ1) is 16.0. The van der Waals surface area contributed by atoms with Crippen LogP contribution in [0.1, 0.15) is 23.3 Å². The number of likely N-dealkylation sites (tertiary alicyclic amines) is 1. The number of carbonyl (C=O) groups is 1. The van der Waals surface area contributed by atoms with E-state index in [2.05, 4.69) is 25.5 Å². The lowest BCUT2D eigenvalue weighted by Crippen LogP contribution is -2.40. The average Bonchev–Trinajstić information content (AvgIpc) is 3.10. The first-order chi connectivity index (χ1) is 12.3.